The van der Waals surface area contributed by atoms with Gasteiger partial charge < -0.3 is 0 Å². The van der Waals surface area contributed by atoms with Crippen LogP contribution in [0.3, 0.4) is 0 Å². The van der Waals surface area contributed by atoms with Crippen molar-refractivity contribution in [1.82, 2.24) is 0 Å². The molecule has 1 aromatic rings. The maximum absolute atomic E-state index is 5.97. The highest BCUT2D eigenvalue weighted by Crippen LogP contribution is 2.22. The molecular formula is C14H21Cl3Si. The van der Waals surface area contributed by atoms with Crippen LogP contribution in [0.4, 0.5) is 0 Å². The van der Waals surface area contributed by atoms with Crippen molar-refractivity contribution in [1.29, 1.82) is 0 Å². The number of alkyl halides is 2. The standard InChI is InChI=1S/C14H21Cl3Si/c1-18(12-4-10-16,11-3-2-9-15)14-7-5-13(17)6-8-14/h5-8H,2-4,9-12H2,1H3. The molecule has 0 aliphatic carbocycles. The van der Waals surface area contributed by atoms with Crippen molar-refractivity contribution >= 4 is 48.1 Å². The Kier molecular flexibility index (Phi) is 7.70. The van der Waals surface area contributed by atoms with Gasteiger partial charge in [-0.1, -0.05) is 54.0 Å². The highest BCUT2D eigenvalue weighted by molar-refractivity contribution is 6.90. The second-order valence-electron chi connectivity index (χ2n) is 5.01. The predicted octanol–water partition coefficient (Wildman–Crippen LogP) is 5.27. The van der Waals surface area contributed by atoms with Crippen molar-refractivity contribution in [3.63, 3.8) is 0 Å². The van der Waals surface area contributed by atoms with E-state index in [1.807, 2.05) is 12.1 Å². The lowest BCUT2D eigenvalue weighted by Gasteiger charge is -2.28. The monoisotopic (exact) mass is 322 g/mol. The molecule has 0 aliphatic heterocycles. The van der Waals surface area contributed by atoms with Gasteiger partial charge in [-0.25, -0.2) is 0 Å². The quantitative estimate of drug-likeness (QED) is 0.347. The molecule has 0 saturated carbocycles. The van der Waals surface area contributed by atoms with E-state index in [0.29, 0.717) is 0 Å². The van der Waals surface area contributed by atoms with Crippen LogP contribution < -0.4 is 5.19 Å². The number of benzene rings is 1. The van der Waals surface area contributed by atoms with Gasteiger partial charge in [0.25, 0.3) is 0 Å². The van der Waals surface area contributed by atoms with E-state index >= 15 is 0 Å². The molecule has 0 nitrogen and oxygen atoms in total. The lowest BCUT2D eigenvalue weighted by atomic mass is 10.4. The van der Waals surface area contributed by atoms with Crippen LogP contribution in [0.1, 0.15) is 19.3 Å². The Hall–Kier alpha value is 0.307. The van der Waals surface area contributed by atoms with Crippen molar-refractivity contribution < 1.29 is 0 Å². The fourth-order valence-corrected chi connectivity index (χ4v) is 6.79. The van der Waals surface area contributed by atoms with Gasteiger partial charge in [0.2, 0.25) is 0 Å². The normalized spacial score (nSPS) is 14.4. The number of hydrogen-bond acceptors (Lipinski definition) is 0. The van der Waals surface area contributed by atoms with Gasteiger partial charge in [-0.15, -0.1) is 23.2 Å². The van der Waals surface area contributed by atoms with Gasteiger partial charge in [0.05, 0.1) is 8.07 Å². The summed E-state index contributed by atoms with van der Waals surface area (Å²) < 4.78 is 0. The van der Waals surface area contributed by atoms with Crippen molar-refractivity contribution in [3.05, 3.63) is 29.3 Å². The fourth-order valence-electron chi connectivity index (χ4n) is 2.33. The summed E-state index contributed by atoms with van der Waals surface area (Å²) in [5, 5.41) is 2.31. The Morgan fingerprint density at radius 2 is 1.44 bits per heavy atom. The molecule has 0 saturated heterocycles. The molecular weight excluding hydrogens is 303 g/mol. The number of rotatable bonds is 8. The van der Waals surface area contributed by atoms with E-state index in [0.717, 1.165) is 29.6 Å². The highest BCUT2D eigenvalue weighted by Gasteiger charge is 2.28. The second kappa shape index (κ2) is 8.47. The molecule has 0 radical (unpaired) electrons. The minimum atomic E-state index is -1.41. The van der Waals surface area contributed by atoms with E-state index in [-0.39, 0.29) is 0 Å². The lowest BCUT2D eigenvalue weighted by molar-refractivity contribution is 0.866. The summed E-state index contributed by atoms with van der Waals surface area (Å²) in [5.41, 5.74) is 0. The Bertz CT molecular complexity index is 339. The molecule has 0 amide bonds. The summed E-state index contributed by atoms with van der Waals surface area (Å²) >= 11 is 17.6. The first-order valence-electron chi connectivity index (χ1n) is 6.50. The maximum Gasteiger partial charge on any atom is 0.0837 e. The van der Waals surface area contributed by atoms with Crippen LogP contribution in [0.5, 0.6) is 0 Å². The third-order valence-electron chi connectivity index (χ3n) is 3.52. The van der Waals surface area contributed by atoms with Crippen LogP contribution in [-0.2, 0) is 0 Å². The van der Waals surface area contributed by atoms with Crippen molar-refractivity contribution in [2.24, 2.45) is 0 Å². The van der Waals surface area contributed by atoms with E-state index in [9.17, 15) is 0 Å². The first-order chi connectivity index (χ1) is 8.62. The van der Waals surface area contributed by atoms with Crippen molar-refractivity contribution in [3.8, 4) is 0 Å². The molecule has 0 aliphatic rings. The van der Waals surface area contributed by atoms with Crippen LogP contribution in [0, 0.1) is 0 Å². The minimum absolute atomic E-state index is 0.756. The Morgan fingerprint density at radius 1 is 0.889 bits per heavy atom. The van der Waals surface area contributed by atoms with E-state index in [1.165, 1.54) is 23.7 Å². The molecule has 1 rings (SSSR count). The van der Waals surface area contributed by atoms with E-state index < -0.39 is 8.07 Å². The SMILES string of the molecule is C[Si](CCCCl)(CCCCCl)c1ccc(Cl)cc1. The molecule has 0 bridgehead atoms. The summed E-state index contributed by atoms with van der Waals surface area (Å²) in [6.07, 6.45) is 3.43. The molecule has 0 spiro atoms. The third-order valence-corrected chi connectivity index (χ3v) is 8.94. The summed E-state index contributed by atoms with van der Waals surface area (Å²) in [6, 6.07) is 10.9. The summed E-state index contributed by atoms with van der Waals surface area (Å²) in [4.78, 5) is 0. The highest BCUT2D eigenvalue weighted by atomic mass is 35.5. The zero-order chi connectivity index (χ0) is 13.4. The molecule has 0 N–H and O–H groups in total. The second-order valence-corrected chi connectivity index (χ2v) is 10.9. The lowest BCUT2D eigenvalue weighted by Crippen LogP contribution is -2.44. The summed E-state index contributed by atoms with van der Waals surface area (Å²) in [7, 11) is -1.41. The van der Waals surface area contributed by atoms with Crippen LogP contribution >= 0.6 is 34.8 Å². The first-order valence-corrected chi connectivity index (χ1v) is 10.9. The zero-order valence-electron chi connectivity index (χ0n) is 10.9. The fraction of sp³-hybridized carbons (Fsp3) is 0.571. The van der Waals surface area contributed by atoms with Crippen LogP contribution in [-0.4, -0.2) is 19.8 Å². The van der Waals surface area contributed by atoms with Crippen LogP contribution in [0.2, 0.25) is 23.7 Å². The number of hydrogen-bond donors (Lipinski definition) is 0. The molecule has 18 heavy (non-hydrogen) atoms. The van der Waals surface area contributed by atoms with Gasteiger partial charge in [0.1, 0.15) is 0 Å². The molecule has 102 valence electrons. The third kappa shape index (κ3) is 5.12. The van der Waals surface area contributed by atoms with Gasteiger partial charge in [-0.3, -0.25) is 0 Å². The van der Waals surface area contributed by atoms with Crippen LogP contribution in [0.25, 0.3) is 0 Å². The molecule has 4 heteroatoms. The van der Waals surface area contributed by atoms with E-state index in [1.54, 1.807) is 0 Å². The molecule has 0 heterocycles. The first kappa shape index (κ1) is 16.4. The van der Waals surface area contributed by atoms with Gasteiger partial charge in [0, 0.05) is 16.8 Å². The van der Waals surface area contributed by atoms with Gasteiger partial charge in [-0.2, -0.15) is 0 Å². The average Bonchev–Trinajstić information content (AvgIpc) is 2.37. The molecule has 1 atom stereocenters. The molecule has 1 unspecified atom stereocenters. The molecule has 0 fully saturated rings. The van der Waals surface area contributed by atoms with Gasteiger partial charge in [0.15, 0.2) is 0 Å². The topological polar surface area (TPSA) is 0 Å². The van der Waals surface area contributed by atoms with Gasteiger partial charge >= 0.3 is 0 Å². The van der Waals surface area contributed by atoms with Gasteiger partial charge in [-0.05, 0) is 25.0 Å². The summed E-state index contributed by atoms with van der Waals surface area (Å²) in [5.74, 6) is 1.52. The maximum atomic E-state index is 5.97. The average molecular weight is 324 g/mol. The smallest absolute Gasteiger partial charge is 0.0837 e. The number of unbranched alkanes of at least 4 members (excludes halogenated alkanes) is 1. The Labute approximate surface area is 127 Å². The minimum Gasteiger partial charge on any atom is -0.127 e. The largest absolute Gasteiger partial charge is 0.127 e. The predicted molar refractivity (Wildman–Crippen MR) is 87.6 cm³/mol. The molecule has 0 aromatic heterocycles. The molecule has 1 aromatic carbocycles. The number of halogens is 3. The zero-order valence-corrected chi connectivity index (χ0v) is 14.2. The Balaban J connectivity index is 2.77. The van der Waals surface area contributed by atoms with Crippen molar-refractivity contribution in [2.45, 2.75) is 37.9 Å². The van der Waals surface area contributed by atoms with Crippen LogP contribution in [0.15, 0.2) is 24.3 Å². The Morgan fingerprint density at radius 3 is 2.00 bits per heavy atom. The summed E-state index contributed by atoms with van der Waals surface area (Å²) in [6.45, 7) is 2.46. The van der Waals surface area contributed by atoms with Crippen molar-refractivity contribution in [2.75, 3.05) is 11.8 Å². The van der Waals surface area contributed by atoms with E-state index in [4.69, 9.17) is 34.8 Å². The van der Waals surface area contributed by atoms with E-state index in [2.05, 4.69) is 18.7 Å².